The average Bonchev–Trinajstić information content (AvgIpc) is 3.20. The number of rotatable bonds is 7. The molecule has 1 unspecified atom stereocenters. The average molecular weight is 522 g/mol. The summed E-state index contributed by atoms with van der Waals surface area (Å²) >= 11 is 0. The Labute approximate surface area is 228 Å². The number of benzene rings is 3. The highest BCUT2D eigenvalue weighted by atomic mass is 16.3. The first-order valence-electron chi connectivity index (χ1n) is 14.1. The Hall–Kier alpha value is -3.74. The maximum Gasteiger partial charge on any atom is 0.263 e. The monoisotopic (exact) mass is 521 g/mol. The van der Waals surface area contributed by atoms with E-state index in [1.807, 2.05) is 84.9 Å². The third-order valence-corrected chi connectivity index (χ3v) is 8.54. The summed E-state index contributed by atoms with van der Waals surface area (Å²) in [4.78, 5) is 30.8. The third-order valence-electron chi connectivity index (χ3n) is 8.54. The molecule has 2 aliphatic heterocycles. The number of hydrogen-bond acceptors (Lipinski definition) is 4. The Bertz CT molecular complexity index is 1520. The van der Waals surface area contributed by atoms with Gasteiger partial charge in [-0.25, -0.2) is 0 Å². The predicted octanol–water partition coefficient (Wildman–Crippen LogP) is 5.36. The van der Waals surface area contributed by atoms with E-state index in [1.54, 1.807) is 4.57 Å². The molecule has 200 valence electrons. The molecule has 6 rings (SSSR count). The molecule has 2 N–H and O–H groups in total. The molecule has 3 heterocycles. The molecule has 6 nitrogen and oxygen atoms in total. The molecule has 0 aliphatic carbocycles. The van der Waals surface area contributed by atoms with E-state index in [9.17, 15) is 14.7 Å². The van der Waals surface area contributed by atoms with Crippen molar-refractivity contribution in [3.8, 4) is 5.69 Å². The van der Waals surface area contributed by atoms with Crippen LogP contribution in [0.5, 0.6) is 0 Å². The van der Waals surface area contributed by atoms with E-state index in [0.29, 0.717) is 28.6 Å². The predicted molar refractivity (Wildman–Crippen MR) is 154 cm³/mol. The molecule has 4 atom stereocenters. The molecule has 39 heavy (non-hydrogen) atoms. The van der Waals surface area contributed by atoms with Crippen molar-refractivity contribution in [2.24, 2.45) is 0 Å². The molecule has 6 heteroatoms. The lowest BCUT2D eigenvalue weighted by Crippen LogP contribution is -2.45. The van der Waals surface area contributed by atoms with Gasteiger partial charge in [0.1, 0.15) is 0 Å². The zero-order chi connectivity index (χ0) is 26.9. The Morgan fingerprint density at radius 3 is 2.13 bits per heavy atom. The van der Waals surface area contributed by atoms with Crippen LogP contribution in [-0.4, -0.2) is 38.7 Å². The van der Waals surface area contributed by atoms with E-state index >= 15 is 0 Å². The number of aliphatic hydroxyl groups excluding tert-OH is 1. The van der Waals surface area contributed by atoms with Crippen molar-refractivity contribution in [3.05, 3.63) is 112 Å². The normalized spacial score (nSPS) is 21.6. The first-order valence-corrected chi connectivity index (χ1v) is 14.1. The molecule has 1 amide bonds. The number of fused-ring (bicyclic) bond motifs is 3. The van der Waals surface area contributed by atoms with Gasteiger partial charge in [-0.2, -0.15) is 0 Å². The lowest BCUT2D eigenvalue weighted by atomic mass is 9.97. The van der Waals surface area contributed by atoms with Gasteiger partial charge in [-0.15, -0.1) is 0 Å². The molecular formula is C33H35N3O3. The summed E-state index contributed by atoms with van der Waals surface area (Å²) in [6.07, 6.45) is 3.97. The Morgan fingerprint density at radius 1 is 0.897 bits per heavy atom. The van der Waals surface area contributed by atoms with E-state index < -0.39 is 0 Å². The van der Waals surface area contributed by atoms with Crippen LogP contribution in [0.4, 0.5) is 0 Å². The third kappa shape index (κ3) is 4.79. The van der Waals surface area contributed by atoms with Crippen molar-refractivity contribution in [1.29, 1.82) is 0 Å². The molecule has 0 spiro atoms. The van der Waals surface area contributed by atoms with Gasteiger partial charge in [0.25, 0.3) is 11.5 Å². The highest BCUT2D eigenvalue weighted by Crippen LogP contribution is 2.38. The van der Waals surface area contributed by atoms with Crippen LogP contribution in [0.2, 0.25) is 0 Å². The van der Waals surface area contributed by atoms with Crippen LogP contribution in [0.3, 0.4) is 0 Å². The smallest absolute Gasteiger partial charge is 0.263 e. The fourth-order valence-corrected chi connectivity index (χ4v) is 6.66. The van der Waals surface area contributed by atoms with Crippen LogP contribution in [0, 0.1) is 0 Å². The second kappa shape index (κ2) is 10.8. The minimum absolute atomic E-state index is 0.122. The zero-order valence-electron chi connectivity index (χ0n) is 22.3. The van der Waals surface area contributed by atoms with Crippen LogP contribution >= 0.6 is 0 Å². The lowest BCUT2D eigenvalue weighted by Gasteiger charge is -2.38. The van der Waals surface area contributed by atoms with Gasteiger partial charge in [-0.3, -0.25) is 19.1 Å². The van der Waals surface area contributed by atoms with Crippen molar-refractivity contribution in [2.45, 2.75) is 69.8 Å². The van der Waals surface area contributed by atoms with Crippen LogP contribution < -0.4 is 10.9 Å². The highest BCUT2D eigenvalue weighted by Gasteiger charge is 2.41. The van der Waals surface area contributed by atoms with Crippen LogP contribution in [0.25, 0.3) is 16.5 Å². The fraction of sp³-hybridized carbons (Fsp3) is 0.333. The molecular weight excluding hydrogens is 486 g/mol. The number of carbonyl (C=O) groups excluding carboxylic acids is 1. The first kappa shape index (κ1) is 25.5. The summed E-state index contributed by atoms with van der Waals surface area (Å²) in [5.74, 6) is -0.175. The van der Waals surface area contributed by atoms with Gasteiger partial charge < -0.3 is 10.4 Å². The molecule has 0 radical (unpaired) electrons. The maximum atomic E-state index is 14.3. The van der Waals surface area contributed by atoms with Crippen molar-refractivity contribution in [1.82, 2.24) is 14.8 Å². The SMILES string of the molecule is CC[C@H](NC(=O)c1c(CN2[C@@H]3CC[C@H]2CC(O)C3)n(-c2ccccc2)c(=O)c2ccccc12)c1ccccc1. The molecule has 2 aliphatic rings. The number of amides is 1. The maximum absolute atomic E-state index is 14.3. The van der Waals surface area contributed by atoms with Crippen molar-refractivity contribution in [3.63, 3.8) is 0 Å². The number of aromatic nitrogens is 1. The van der Waals surface area contributed by atoms with E-state index in [4.69, 9.17) is 0 Å². The second-order valence-corrected chi connectivity index (χ2v) is 10.9. The fourth-order valence-electron chi connectivity index (χ4n) is 6.66. The van der Waals surface area contributed by atoms with E-state index in [-0.39, 0.29) is 35.7 Å². The van der Waals surface area contributed by atoms with Gasteiger partial charge in [0.15, 0.2) is 0 Å². The van der Waals surface area contributed by atoms with Crippen molar-refractivity contribution in [2.75, 3.05) is 0 Å². The number of pyridine rings is 1. The van der Waals surface area contributed by atoms with Gasteiger partial charge in [0.05, 0.1) is 23.4 Å². The Kier molecular flexibility index (Phi) is 7.07. The number of carbonyl (C=O) groups is 1. The summed E-state index contributed by atoms with van der Waals surface area (Å²) in [6.45, 7) is 2.54. The van der Waals surface area contributed by atoms with Crippen molar-refractivity contribution < 1.29 is 9.90 Å². The topological polar surface area (TPSA) is 74.6 Å². The first-order chi connectivity index (χ1) is 19.0. The number of aliphatic hydroxyl groups is 1. The number of piperidine rings is 1. The van der Waals surface area contributed by atoms with E-state index in [1.165, 1.54) is 0 Å². The molecule has 3 aromatic carbocycles. The van der Waals surface area contributed by atoms with E-state index in [0.717, 1.165) is 43.4 Å². The zero-order valence-corrected chi connectivity index (χ0v) is 22.3. The quantitative estimate of drug-likeness (QED) is 0.343. The van der Waals surface area contributed by atoms with Crippen molar-refractivity contribution >= 4 is 16.7 Å². The summed E-state index contributed by atoms with van der Waals surface area (Å²) in [5, 5.41) is 14.9. The minimum Gasteiger partial charge on any atom is -0.393 e. The number of nitrogens with zero attached hydrogens (tertiary/aromatic N) is 2. The van der Waals surface area contributed by atoms with Crippen LogP contribution in [0.1, 0.15) is 66.7 Å². The number of para-hydroxylation sites is 1. The van der Waals surface area contributed by atoms with Gasteiger partial charge in [-0.1, -0.05) is 73.7 Å². The van der Waals surface area contributed by atoms with Gasteiger partial charge in [0, 0.05) is 35.1 Å². The summed E-state index contributed by atoms with van der Waals surface area (Å²) in [7, 11) is 0. The number of nitrogens with one attached hydrogen (secondary N) is 1. The molecule has 0 saturated carbocycles. The Balaban J connectivity index is 1.54. The highest BCUT2D eigenvalue weighted by molar-refractivity contribution is 6.08. The van der Waals surface area contributed by atoms with Gasteiger partial charge >= 0.3 is 0 Å². The molecule has 4 aromatic rings. The standard InChI is InChI=1S/C33H35N3O3/c1-2-29(22-11-5-3-6-12-22)34-32(38)31-27-15-9-10-16-28(27)33(39)36(23-13-7-4-8-14-23)30(31)21-35-24-17-18-25(35)20-26(37)19-24/h3-16,24-26,29,37H,2,17-21H2,1H3,(H,34,38)/t24-,25+,26?,29-/m0/s1. The van der Waals surface area contributed by atoms with E-state index in [2.05, 4.69) is 17.1 Å². The lowest BCUT2D eigenvalue weighted by molar-refractivity contribution is 0.0298. The summed E-state index contributed by atoms with van der Waals surface area (Å²) in [5.41, 5.74) is 2.94. The van der Waals surface area contributed by atoms with Gasteiger partial charge in [0.2, 0.25) is 0 Å². The van der Waals surface area contributed by atoms with Crippen LogP contribution in [-0.2, 0) is 6.54 Å². The minimum atomic E-state index is -0.286. The largest absolute Gasteiger partial charge is 0.393 e. The molecule has 2 saturated heterocycles. The second-order valence-electron chi connectivity index (χ2n) is 10.9. The molecule has 1 aromatic heterocycles. The molecule has 2 bridgehead atoms. The summed E-state index contributed by atoms with van der Waals surface area (Å²) < 4.78 is 1.74. The number of hydrogen-bond donors (Lipinski definition) is 2. The van der Waals surface area contributed by atoms with Gasteiger partial charge in [-0.05, 0) is 55.9 Å². The molecule has 2 fully saturated rings. The Morgan fingerprint density at radius 2 is 1.49 bits per heavy atom. The van der Waals surface area contributed by atoms with Crippen LogP contribution in [0.15, 0.2) is 89.7 Å². The summed E-state index contributed by atoms with van der Waals surface area (Å²) in [6, 6.07) is 27.4.